The molecule has 0 saturated carbocycles. The van der Waals surface area contributed by atoms with Crippen LogP contribution in [0.5, 0.6) is 5.88 Å². The van der Waals surface area contributed by atoms with Gasteiger partial charge in [-0.2, -0.15) is 0 Å². The summed E-state index contributed by atoms with van der Waals surface area (Å²) in [5.41, 5.74) is 3.54. The van der Waals surface area contributed by atoms with Crippen LogP contribution in [0.1, 0.15) is 22.8 Å². The number of rotatable bonds is 3. The number of aryl methyl sites for hydroxylation is 1. The van der Waals surface area contributed by atoms with Crippen LogP contribution in [-0.2, 0) is 0 Å². The molecule has 3 nitrogen and oxygen atoms in total. The number of methoxy groups -OCH3 is 1. The van der Waals surface area contributed by atoms with Gasteiger partial charge in [0.1, 0.15) is 0 Å². The van der Waals surface area contributed by atoms with Crippen molar-refractivity contribution in [3.05, 3.63) is 47.5 Å². The minimum absolute atomic E-state index is 0.0812. The predicted molar refractivity (Wildman–Crippen MR) is 71.0 cm³/mol. The Bertz CT molecular complexity index is 591. The first-order valence-electron chi connectivity index (χ1n) is 5.75. The summed E-state index contributed by atoms with van der Waals surface area (Å²) in [7, 11) is 1.59. The van der Waals surface area contributed by atoms with Gasteiger partial charge in [0.25, 0.3) is 0 Å². The van der Waals surface area contributed by atoms with Crippen molar-refractivity contribution in [3.8, 4) is 17.1 Å². The van der Waals surface area contributed by atoms with E-state index in [4.69, 9.17) is 4.74 Å². The Morgan fingerprint density at radius 3 is 2.61 bits per heavy atom. The molecule has 0 spiro atoms. The highest BCUT2D eigenvalue weighted by atomic mass is 16.5. The first-order valence-corrected chi connectivity index (χ1v) is 5.75. The van der Waals surface area contributed by atoms with Gasteiger partial charge in [0, 0.05) is 17.2 Å². The first-order chi connectivity index (χ1) is 8.61. The van der Waals surface area contributed by atoms with Crippen LogP contribution in [0.25, 0.3) is 11.3 Å². The van der Waals surface area contributed by atoms with Crippen LogP contribution < -0.4 is 4.74 Å². The Labute approximate surface area is 106 Å². The van der Waals surface area contributed by atoms with Gasteiger partial charge in [0.2, 0.25) is 5.88 Å². The van der Waals surface area contributed by atoms with E-state index in [1.165, 1.54) is 0 Å². The van der Waals surface area contributed by atoms with Crippen molar-refractivity contribution < 1.29 is 9.53 Å². The lowest BCUT2D eigenvalue weighted by atomic mass is 10.0. The molecule has 0 atom stereocenters. The summed E-state index contributed by atoms with van der Waals surface area (Å²) < 4.78 is 5.10. The molecule has 1 heterocycles. The molecule has 0 N–H and O–H groups in total. The molecule has 0 unspecified atom stereocenters. The fourth-order valence-electron chi connectivity index (χ4n) is 1.91. The van der Waals surface area contributed by atoms with Crippen molar-refractivity contribution in [2.24, 2.45) is 0 Å². The number of ether oxygens (including phenoxy) is 1. The van der Waals surface area contributed by atoms with E-state index in [-0.39, 0.29) is 5.78 Å². The second-order valence-electron chi connectivity index (χ2n) is 4.15. The van der Waals surface area contributed by atoms with Gasteiger partial charge in [0.05, 0.1) is 12.8 Å². The summed E-state index contributed by atoms with van der Waals surface area (Å²) in [6.07, 6.45) is 0. The third-order valence-electron chi connectivity index (χ3n) is 2.83. The van der Waals surface area contributed by atoms with E-state index in [1.54, 1.807) is 20.1 Å². The second kappa shape index (κ2) is 5.00. The normalized spacial score (nSPS) is 10.2. The molecule has 0 bridgehead atoms. The van der Waals surface area contributed by atoms with Crippen molar-refractivity contribution in [3.63, 3.8) is 0 Å². The van der Waals surface area contributed by atoms with Crippen LogP contribution in [0.4, 0.5) is 0 Å². The predicted octanol–water partition coefficient (Wildman–Crippen LogP) is 3.27. The first kappa shape index (κ1) is 12.3. The van der Waals surface area contributed by atoms with E-state index in [9.17, 15) is 4.79 Å². The lowest BCUT2D eigenvalue weighted by molar-refractivity contribution is 0.101. The highest BCUT2D eigenvalue weighted by molar-refractivity contribution is 5.96. The zero-order valence-corrected chi connectivity index (χ0v) is 10.7. The number of carbonyl (C=O) groups is 1. The summed E-state index contributed by atoms with van der Waals surface area (Å²) in [5.74, 6) is 0.665. The SMILES string of the molecule is COc1cccc(-c2ccc(C(C)=O)c(C)c2)n1. The number of pyridine rings is 1. The van der Waals surface area contributed by atoms with Crippen molar-refractivity contribution in [2.75, 3.05) is 7.11 Å². The lowest BCUT2D eigenvalue weighted by Gasteiger charge is -2.07. The maximum Gasteiger partial charge on any atom is 0.213 e. The molecule has 0 aliphatic carbocycles. The van der Waals surface area contributed by atoms with Crippen LogP contribution in [0, 0.1) is 6.92 Å². The molecule has 1 aromatic carbocycles. The molecular formula is C15H15NO2. The zero-order chi connectivity index (χ0) is 13.1. The smallest absolute Gasteiger partial charge is 0.213 e. The summed E-state index contributed by atoms with van der Waals surface area (Å²) in [6.45, 7) is 3.51. The van der Waals surface area contributed by atoms with Gasteiger partial charge in [-0.3, -0.25) is 4.79 Å². The van der Waals surface area contributed by atoms with Crippen LogP contribution in [-0.4, -0.2) is 17.9 Å². The van der Waals surface area contributed by atoms with Crippen LogP contribution in [0.15, 0.2) is 36.4 Å². The molecule has 0 amide bonds. The Balaban J connectivity index is 2.45. The number of carbonyl (C=O) groups excluding carboxylic acids is 1. The fourth-order valence-corrected chi connectivity index (χ4v) is 1.91. The van der Waals surface area contributed by atoms with Gasteiger partial charge in [-0.1, -0.05) is 18.2 Å². The summed E-state index contributed by atoms with van der Waals surface area (Å²) in [6, 6.07) is 11.3. The van der Waals surface area contributed by atoms with E-state index < -0.39 is 0 Å². The molecule has 2 rings (SSSR count). The Hall–Kier alpha value is -2.16. The van der Waals surface area contributed by atoms with Crippen molar-refractivity contribution in [1.29, 1.82) is 0 Å². The molecule has 0 saturated heterocycles. The number of ketones is 1. The summed E-state index contributed by atoms with van der Waals surface area (Å²) >= 11 is 0. The van der Waals surface area contributed by atoms with Crippen molar-refractivity contribution in [2.45, 2.75) is 13.8 Å². The van der Waals surface area contributed by atoms with Crippen LogP contribution in [0.2, 0.25) is 0 Å². The number of nitrogens with zero attached hydrogens (tertiary/aromatic N) is 1. The molecule has 0 aliphatic heterocycles. The van der Waals surface area contributed by atoms with Crippen molar-refractivity contribution in [1.82, 2.24) is 4.98 Å². The molecular weight excluding hydrogens is 226 g/mol. The number of hydrogen-bond acceptors (Lipinski definition) is 3. The molecule has 92 valence electrons. The van der Waals surface area contributed by atoms with Crippen LogP contribution in [0.3, 0.4) is 0 Å². The zero-order valence-electron chi connectivity index (χ0n) is 10.7. The van der Waals surface area contributed by atoms with E-state index in [2.05, 4.69) is 4.98 Å². The minimum atomic E-state index is 0.0812. The summed E-state index contributed by atoms with van der Waals surface area (Å²) in [5, 5.41) is 0. The fraction of sp³-hybridized carbons (Fsp3) is 0.200. The number of Topliss-reactive ketones (excluding diaryl/α,β-unsaturated/α-hetero) is 1. The van der Waals surface area contributed by atoms with Gasteiger partial charge in [-0.25, -0.2) is 4.98 Å². The maximum atomic E-state index is 11.4. The molecule has 1 aromatic heterocycles. The Kier molecular flexibility index (Phi) is 3.42. The summed E-state index contributed by atoms with van der Waals surface area (Å²) in [4.78, 5) is 15.7. The monoisotopic (exact) mass is 241 g/mol. The maximum absolute atomic E-state index is 11.4. The molecule has 3 heteroatoms. The number of benzene rings is 1. The van der Waals surface area contributed by atoms with E-state index in [0.717, 1.165) is 22.4 Å². The third-order valence-corrected chi connectivity index (χ3v) is 2.83. The van der Waals surface area contributed by atoms with Gasteiger partial charge in [-0.05, 0) is 31.5 Å². The highest BCUT2D eigenvalue weighted by Gasteiger charge is 2.07. The van der Waals surface area contributed by atoms with Gasteiger partial charge in [-0.15, -0.1) is 0 Å². The third kappa shape index (κ3) is 2.40. The van der Waals surface area contributed by atoms with E-state index in [1.807, 2.05) is 37.3 Å². The molecule has 0 fully saturated rings. The topological polar surface area (TPSA) is 39.2 Å². The van der Waals surface area contributed by atoms with Gasteiger partial charge >= 0.3 is 0 Å². The number of aromatic nitrogens is 1. The lowest BCUT2D eigenvalue weighted by Crippen LogP contribution is -1.96. The largest absolute Gasteiger partial charge is 0.481 e. The molecule has 18 heavy (non-hydrogen) atoms. The Morgan fingerprint density at radius 1 is 1.22 bits per heavy atom. The van der Waals surface area contributed by atoms with Crippen LogP contribution >= 0.6 is 0 Å². The molecule has 2 aromatic rings. The Morgan fingerprint density at radius 2 is 2.00 bits per heavy atom. The van der Waals surface area contributed by atoms with Gasteiger partial charge < -0.3 is 4.74 Å². The minimum Gasteiger partial charge on any atom is -0.481 e. The quantitative estimate of drug-likeness (QED) is 0.774. The molecule has 0 radical (unpaired) electrons. The second-order valence-corrected chi connectivity index (χ2v) is 4.15. The highest BCUT2D eigenvalue weighted by Crippen LogP contribution is 2.22. The standard InChI is InChI=1S/C15H15NO2/c1-10-9-12(7-8-13(10)11(2)17)14-5-4-6-15(16-14)18-3/h4-9H,1-3H3. The van der Waals surface area contributed by atoms with E-state index >= 15 is 0 Å². The number of hydrogen-bond donors (Lipinski definition) is 0. The average molecular weight is 241 g/mol. The van der Waals surface area contributed by atoms with Crippen molar-refractivity contribution >= 4 is 5.78 Å². The average Bonchev–Trinajstić information content (AvgIpc) is 2.38. The van der Waals surface area contributed by atoms with Gasteiger partial charge in [0.15, 0.2) is 5.78 Å². The molecule has 0 aliphatic rings. The van der Waals surface area contributed by atoms with E-state index in [0.29, 0.717) is 5.88 Å².